The van der Waals surface area contributed by atoms with Crippen LogP contribution in [0.4, 0.5) is 5.82 Å². The van der Waals surface area contributed by atoms with Gasteiger partial charge in [0.15, 0.2) is 5.82 Å². The minimum absolute atomic E-state index is 0.000666. The molecule has 2 aromatic rings. The average molecular weight is 315 g/mol. The first-order chi connectivity index (χ1) is 10.9. The number of hydrogen-bond donors (Lipinski definition) is 1. The number of ketones is 1. The smallest absolute Gasteiger partial charge is 0.294 e. The van der Waals surface area contributed by atoms with E-state index in [1.54, 1.807) is 13.3 Å². The molecule has 0 saturated carbocycles. The van der Waals surface area contributed by atoms with Crippen LogP contribution >= 0.6 is 0 Å². The molecule has 0 atom stereocenters. The summed E-state index contributed by atoms with van der Waals surface area (Å²) in [7, 11) is 1.58. The summed E-state index contributed by atoms with van der Waals surface area (Å²) in [6, 6.07) is 7.38. The molecule has 0 aliphatic rings. The number of nitrogens with zero attached hydrogens (tertiary/aromatic N) is 2. The van der Waals surface area contributed by atoms with Crippen LogP contribution in [0.15, 0.2) is 35.3 Å². The van der Waals surface area contributed by atoms with Crippen molar-refractivity contribution in [2.45, 2.75) is 33.4 Å². The van der Waals surface area contributed by atoms with Crippen molar-refractivity contribution in [1.29, 1.82) is 0 Å². The van der Waals surface area contributed by atoms with Crippen LogP contribution in [0.5, 0.6) is 5.75 Å². The molecule has 0 spiro atoms. The molecule has 23 heavy (non-hydrogen) atoms. The Hall–Kier alpha value is -2.63. The van der Waals surface area contributed by atoms with E-state index in [0.29, 0.717) is 11.4 Å². The van der Waals surface area contributed by atoms with Gasteiger partial charge < -0.3 is 10.1 Å². The molecule has 1 N–H and O–H groups in total. The molecule has 2 rings (SSSR count). The molecule has 122 valence electrons. The molecule has 0 amide bonds. The number of aromatic nitrogens is 2. The Morgan fingerprint density at radius 3 is 2.74 bits per heavy atom. The van der Waals surface area contributed by atoms with Crippen molar-refractivity contribution in [2.24, 2.45) is 0 Å². The molecular formula is C17H21N3O3. The second-order valence-electron chi connectivity index (χ2n) is 5.62. The van der Waals surface area contributed by atoms with Gasteiger partial charge in [0.25, 0.3) is 5.56 Å². The van der Waals surface area contributed by atoms with Crippen molar-refractivity contribution in [2.75, 3.05) is 12.4 Å². The van der Waals surface area contributed by atoms with Gasteiger partial charge in [-0.15, -0.1) is 0 Å². The summed E-state index contributed by atoms with van der Waals surface area (Å²) in [6.45, 7) is 5.30. The number of Topliss-reactive ketones (excluding diaryl/α,β-unsaturated/α-hetero) is 1. The van der Waals surface area contributed by atoms with E-state index in [1.165, 1.54) is 11.5 Å². The summed E-state index contributed by atoms with van der Waals surface area (Å²) >= 11 is 0. The Morgan fingerprint density at radius 2 is 2.13 bits per heavy atom. The SMILES string of the molecule is COc1cccc(-c2cnc(NC(C)C)c(=O)n2CC(C)=O)c1. The summed E-state index contributed by atoms with van der Waals surface area (Å²) < 4.78 is 6.66. The van der Waals surface area contributed by atoms with Crippen molar-refractivity contribution in [3.8, 4) is 17.0 Å². The number of methoxy groups -OCH3 is 1. The monoisotopic (exact) mass is 315 g/mol. The second-order valence-corrected chi connectivity index (χ2v) is 5.62. The highest BCUT2D eigenvalue weighted by Crippen LogP contribution is 2.23. The maximum Gasteiger partial charge on any atom is 0.294 e. The van der Waals surface area contributed by atoms with Crippen LogP contribution in [0, 0.1) is 0 Å². The van der Waals surface area contributed by atoms with Crippen molar-refractivity contribution in [1.82, 2.24) is 9.55 Å². The molecule has 0 fully saturated rings. The minimum Gasteiger partial charge on any atom is -0.497 e. The van der Waals surface area contributed by atoms with Gasteiger partial charge in [0.2, 0.25) is 0 Å². The molecule has 6 nitrogen and oxygen atoms in total. The normalized spacial score (nSPS) is 10.7. The Balaban J connectivity index is 2.60. The number of carbonyl (C=O) groups excluding carboxylic acids is 1. The van der Waals surface area contributed by atoms with E-state index in [1.807, 2.05) is 38.1 Å². The van der Waals surface area contributed by atoms with Gasteiger partial charge in [0, 0.05) is 11.6 Å². The highest BCUT2D eigenvalue weighted by molar-refractivity contribution is 5.76. The first-order valence-corrected chi connectivity index (χ1v) is 7.42. The lowest BCUT2D eigenvalue weighted by molar-refractivity contribution is -0.117. The van der Waals surface area contributed by atoms with E-state index >= 15 is 0 Å². The fraction of sp³-hybridized carbons (Fsp3) is 0.353. The molecule has 0 saturated heterocycles. The van der Waals surface area contributed by atoms with Gasteiger partial charge in [-0.05, 0) is 32.9 Å². The van der Waals surface area contributed by atoms with Gasteiger partial charge in [-0.25, -0.2) is 4.98 Å². The fourth-order valence-corrected chi connectivity index (χ4v) is 2.25. The minimum atomic E-state index is -0.311. The fourth-order valence-electron chi connectivity index (χ4n) is 2.25. The van der Waals surface area contributed by atoms with Crippen LogP contribution in [-0.4, -0.2) is 28.5 Å². The quantitative estimate of drug-likeness (QED) is 0.885. The first kappa shape index (κ1) is 16.7. The number of rotatable bonds is 6. The van der Waals surface area contributed by atoms with E-state index < -0.39 is 0 Å². The molecule has 1 aromatic heterocycles. The highest BCUT2D eigenvalue weighted by Gasteiger charge is 2.14. The van der Waals surface area contributed by atoms with Crippen molar-refractivity contribution < 1.29 is 9.53 Å². The number of ether oxygens (including phenoxy) is 1. The van der Waals surface area contributed by atoms with Gasteiger partial charge in [0.05, 0.1) is 25.5 Å². The second kappa shape index (κ2) is 7.09. The van der Waals surface area contributed by atoms with Crippen molar-refractivity contribution in [3.63, 3.8) is 0 Å². The van der Waals surface area contributed by atoms with Crippen LogP contribution in [0.3, 0.4) is 0 Å². The third kappa shape index (κ3) is 3.97. The van der Waals surface area contributed by atoms with E-state index in [2.05, 4.69) is 10.3 Å². The highest BCUT2D eigenvalue weighted by atomic mass is 16.5. The van der Waals surface area contributed by atoms with Crippen LogP contribution in [0.2, 0.25) is 0 Å². The molecule has 1 heterocycles. The van der Waals surface area contributed by atoms with E-state index in [0.717, 1.165) is 5.56 Å². The third-order valence-corrected chi connectivity index (χ3v) is 3.23. The molecule has 0 aliphatic heterocycles. The number of nitrogens with one attached hydrogen (secondary N) is 1. The van der Waals surface area contributed by atoms with Gasteiger partial charge in [0.1, 0.15) is 11.5 Å². The molecule has 1 aromatic carbocycles. The maximum atomic E-state index is 12.6. The number of hydrogen-bond acceptors (Lipinski definition) is 5. The summed E-state index contributed by atoms with van der Waals surface area (Å²) in [5.74, 6) is 0.819. The lowest BCUT2D eigenvalue weighted by Gasteiger charge is -2.15. The van der Waals surface area contributed by atoms with E-state index in [-0.39, 0.29) is 29.7 Å². The first-order valence-electron chi connectivity index (χ1n) is 7.42. The molecule has 0 unspecified atom stereocenters. The van der Waals surface area contributed by atoms with Crippen LogP contribution < -0.4 is 15.6 Å². The van der Waals surface area contributed by atoms with Gasteiger partial charge >= 0.3 is 0 Å². The maximum absolute atomic E-state index is 12.6. The van der Waals surface area contributed by atoms with Crippen molar-refractivity contribution >= 4 is 11.6 Å². The molecule has 6 heteroatoms. The van der Waals surface area contributed by atoms with Crippen LogP contribution in [0.1, 0.15) is 20.8 Å². The van der Waals surface area contributed by atoms with E-state index in [4.69, 9.17) is 4.74 Å². The lowest BCUT2D eigenvalue weighted by Crippen LogP contribution is -2.30. The van der Waals surface area contributed by atoms with Crippen LogP contribution in [0.25, 0.3) is 11.3 Å². The van der Waals surface area contributed by atoms with Gasteiger partial charge in [-0.1, -0.05) is 12.1 Å². The summed E-state index contributed by atoms with van der Waals surface area (Å²) in [4.78, 5) is 28.4. The third-order valence-electron chi connectivity index (χ3n) is 3.23. The Bertz CT molecular complexity index is 766. The topological polar surface area (TPSA) is 73.2 Å². The molecule has 0 aliphatic carbocycles. The number of carbonyl (C=O) groups is 1. The zero-order chi connectivity index (χ0) is 17.0. The zero-order valence-corrected chi connectivity index (χ0v) is 13.8. The zero-order valence-electron chi connectivity index (χ0n) is 13.8. The Morgan fingerprint density at radius 1 is 1.39 bits per heavy atom. The average Bonchev–Trinajstić information content (AvgIpc) is 2.50. The molecule has 0 radical (unpaired) electrons. The van der Waals surface area contributed by atoms with Crippen molar-refractivity contribution in [3.05, 3.63) is 40.8 Å². The van der Waals surface area contributed by atoms with E-state index in [9.17, 15) is 9.59 Å². The number of anilines is 1. The molecular weight excluding hydrogens is 294 g/mol. The predicted octanol–water partition coefficient (Wildman–Crippen LogP) is 2.33. The van der Waals surface area contributed by atoms with Gasteiger partial charge in [-0.3, -0.25) is 14.2 Å². The number of benzene rings is 1. The standard InChI is InChI=1S/C17H21N3O3/c1-11(2)19-16-17(22)20(10-12(3)21)15(9-18-16)13-6-5-7-14(8-13)23-4/h5-9,11H,10H2,1-4H3,(H,18,19). The van der Waals surface area contributed by atoms with Crippen LogP contribution in [-0.2, 0) is 11.3 Å². The predicted molar refractivity (Wildman–Crippen MR) is 89.9 cm³/mol. The Labute approximate surface area is 135 Å². The summed E-state index contributed by atoms with van der Waals surface area (Å²) in [5.41, 5.74) is 1.04. The largest absolute Gasteiger partial charge is 0.497 e. The summed E-state index contributed by atoms with van der Waals surface area (Å²) in [6.07, 6.45) is 1.60. The lowest BCUT2D eigenvalue weighted by atomic mass is 10.1. The summed E-state index contributed by atoms with van der Waals surface area (Å²) in [5, 5.41) is 3.01. The molecule has 0 bridgehead atoms. The van der Waals surface area contributed by atoms with Gasteiger partial charge in [-0.2, -0.15) is 0 Å². The Kier molecular flexibility index (Phi) is 5.16.